The molecule has 0 saturated heterocycles. The maximum absolute atomic E-state index is 12.8. The first-order chi connectivity index (χ1) is 7.08. The predicted molar refractivity (Wildman–Crippen MR) is 54.2 cm³/mol. The molecule has 2 rings (SSSR count). The van der Waals surface area contributed by atoms with Crippen LogP contribution in [0.25, 0.3) is 0 Å². The SMILES string of the molecule is CC1CC1NC(=O)c1cc(F)cnc1Cl. The van der Waals surface area contributed by atoms with Gasteiger partial charge in [0.25, 0.3) is 5.91 Å². The second-order valence-corrected chi connectivity index (χ2v) is 4.14. The molecule has 0 aromatic carbocycles. The fraction of sp³-hybridized carbons (Fsp3) is 0.400. The number of rotatable bonds is 2. The highest BCUT2D eigenvalue weighted by Gasteiger charge is 2.34. The molecule has 1 fully saturated rings. The molecule has 0 spiro atoms. The number of pyridine rings is 1. The monoisotopic (exact) mass is 228 g/mol. The maximum atomic E-state index is 12.8. The fourth-order valence-electron chi connectivity index (χ4n) is 1.35. The molecule has 1 aromatic rings. The van der Waals surface area contributed by atoms with E-state index in [-0.39, 0.29) is 22.7 Å². The molecule has 0 bridgehead atoms. The van der Waals surface area contributed by atoms with E-state index in [0.29, 0.717) is 5.92 Å². The summed E-state index contributed by atoms with van der Waals surface area (Å²) in [7, 11) is 0. The van der Waals surface area contributed by atoms with Gasteiger partial charge in [0.05, 0.1) is 11.8 Å². The maximum Gasteiger partial charge on any atom is 0.254 e. The molecule has 1 aliphatic rings. The summed E-state index contributed by atoms with van der Waals surface area (Å²) in [5.41, 5.74) is 0.0933. The van der Waals surface area contributed by atoms with Crippen LogP contribution in [0.15, 0.2) is 12.3 Å². The van der Waals surface area contributed by atoms with Crippen LogP contribution in [0.4, 0.5) is 4.39 Å². The largest absolute Gasteiger partial charge is 0.349 e. The van der Waals surface area contributed by atoms with Gasteiger partial charge in [-0.2, -0.15) is 0 Å². The molecular formula is C10H10ClFN2O. The van der Waals surface area contributed by atoms with Gasteiger partial charge >= 0.3 is 0 Å². The lowest BCUT2D eigenvalue weighted by atomic mass is 10.2. The molecule has 1 aliphatic carbocycles. The van der Waals surface area contributed by atoms with Gasteiger partial charge in [-0.15, -0.1) is 0 Å². The van der Waals surface area contributed by atoms with Crippen LogP contribution in [0.1, 0.15) is 23.7 Å². The van der Waals surface area contributed by atoms with Crippen LogP contribution in [0.5, 0.6) is 0 Å². The Morgan fingerprint density at radius 2 is 2.40 bits per heavy atom. The molecule has 0 aliphatic heterocycles. The number of nitrogens with zero attached hydrogens (tertiary/aromatic N) is 1. The third-order valence-corrected chi connectivity index (χ3v) is 2.78. The Bertz CT molecular complexity index is 410. The summed E-state index contributed by atoms with van der Waals surface area (Å²) >= 11 is 5.69. The quantitative estimate of drug-likeness (QED) is 0.787. The fourth-order valence-corrected chi connectivity index (χ4v) is 1.54. The topological polar surface area (TPSA) is 42.0 Å². The first-order valence-corrected chi connectivity index (χ1v) is 5.07. The van der Waals surface area contributed by atoms with Crippen molar-refractivity contribution in [2.24, 2.45) is 5.92 Å². The lowest BCUT2D eigenvalue weighted by molar-refractivity contribution is 0.0948. The van der Waals surface area contributed by atoms with Crippen molar-refractivity contribution < 1.29 is 9.18 Å². The van der Waals surface area contributed by atoms with Gasteiger partial charge in [-0.25, -0.2) is 9.37 Å². The molecule has 1 aromatic heterocycles. The zero-order chi connectivity index (χ0) is 11.0. The number of carbonyl (C=O) groups is 1. The smallest absolute Gasteiger partial charge is 0.254 e. The van der Waals surface area contributed by atoms with E-state index in [0.717, 1.165) is 18.7 Å². The van der Waals surface area contributed by atoms with Crippen molar-refractivity contribution in [1.29, 1.82) is 0 Å². The first-order valence-electron chi connectivity index (χ1n) is 4.70. The van der Waals surface area contributed by atoms with Crippen molar-refractivity contribution in [2.75, 3.05) is 0 Å². The Hall–Kier alpha value is -1.16. The highest BCUT2D eigenvalue weighted by molar-refractivity contribution is 6.32. The lowest BCUT2D eigenvalue weighted by Gasteiger charge is -2.04. The molecule has 1 amide bonds. The Balaban J connectivity index is 2.14. The standard InChI is InChI=1S/C10H10ClFN2O/c1-5-2-8(5)14-10(15)7-3-6(12)4-13-9(7)11/h3-5,8H,2H2,1H3,(H,14,15). The average Bonchev–Trinajstić information content (AvgIpc) is 2.86. The van der Waals surface area contributed by atoms with E-state index in [1.54, 1.807) is 0 Å². The third kappa shape index (κ3) is 2.26. The van der Waals surface area contributed by atoms with Crippen molar-refractivity contribution >= 4 is 17.5 Å². The highest BCUT2D eigenvalue weighted by Crippen LogP contribution is 2.29. The van der Waals surface area contributed by atoms with E-state index in [1.165, 1.54) is 0 Å². The van der Waals surface area contributed by atoms with E-state index in [4.69, 9.17) is 11.6 Å². The minimum absolute atomic E-state index is 0.0298. The van der Waals surface area contributed by atoms with Crippen molar-refractivity contribution in [2.45, 2.75) is 19.4 Å². The summed E-state index contributed by atoms with van der Waals surface area (Å²) in [4.78, 5) is 15.2. The van der Waals surface area contributed by atoms with Crippen LogP contribution in [0, 0.1) is 11.7 Å². The molecule has 15 heavy (non-hydrogen) atoms. The summed E-state index contributed by atoms with van der Waals surface area (Å²) in [5.74, 6) is -0.427. The molecule has 5 heteroatoms. The van der Waals surface area contributed by atoms with E-state index < -0.39 is 5.82 Å². The number of hydrogen-bond acceptors (Lipinski definition) is 2. The second kappa shape index (κ2) is 3.77. The van der Waals surface area contributed by atoms with Gasteiger partial charge in [0.2, 0.25) is 0 Å². The van der Waals surface area contributed by atoms with E-state index >= 15 is 0 Å². The molecule has 0 radical (unpaired) electrons. The summed E-state index contributed by atoms with van der Waals surface area (Å²) in [5, 5.41) is 2.79. The number of carbonyl (C=O) groups excluding carboxylic acids is 1. The summed E-state index contributed by atoms with van der Waals surface area (Å²) in [6.45, 7) is 2.04. The number of aromatic nitrogens is 1. The molecule has 1 heterocycles. The summed E-state index contributed by atoms with van der Waals surface area (Å²) in [6.07, 6.45) is 1.95. The summed E-state index contributed by atoms with van der Waals surface area (Å²) in [6, 6.07) is 1.29. The minimum atomic E-state index is -0.562. The minimum Gasteiger partial charge on any atom is -0.349 e. The van der Waals surface area contributed by atoms with Gasteiger partial charge in [-0.05, 0) is 18.4 Å². The molecule has 1 saturated carbocycles. The molecule has 2 unspecified atom stereocenters. The zero-order valence-corrected chi connectivity index (χ0v) is 8.88. The van der Waals surface area contributed by atoms with Crippen LogP contribution in [0.3, 0.4) is 0 Å². The summed E-state index contributed by atoms with van der Waals surface area (Å²) < 4.78 is 12.8. The van der Waals surface area contributed by atoms with Crippen LogP contribution >= 0.6 is 11.6 Å². The van der Waals surface area contributed by atoms with Crippen LogP contribution in [-0.4, -0.2) is 16.9 Å². The number of nitrogens with one attached hydrogen (secondary N) is 1. The van der Waals surface area contributed by atoms with Gasteiger partial charge in [0.15, 0.2) is 0 Å². The molecule has 3 nitrogen and oxygen atoms in total. The molecular weight excluding hydrogens is 219 g/mol. The van der Waals surface area contributed by atoms with Crippen LogP contribution < -0.4 is 5.32 Å². The van der Waals surface area contributed by atoms with Gasteiger partial charge < -0.3 is 5.32 Å². The molecule has 80 valence electrons. The Labute approximate surface area is 91.7 Å². The van der Waals surface area contributed by atoms with Gasteiger partial charge in [0.1, 0.15) is 11.0 Å². The first kappa shape index (κ1) is 10.4. The second-order valence-electron chi connectivity index (χ2n) is 3.78. The van der Waals surface area contributed by atoms with Gasteiger partial charge in [-0.1, -0.05) is 18.5 Å². The Morgan fingerprint density at radius 3 is 3.00 bits per heavy atom. The van der Waals surface area contributed by atoms with Crippen molar-refractivity contribution in [1.82, 2.24) is 10.3 Å². The molecule has 2 atom stereocenters. The number of hydrogen-bond donors (Lipinski definition) is 1. The van der Waals surface area contributed by atoms with Crippen molar-refractivity contribution in [3.63, 3.8) is 0 Å². The van der Waals surface area contributed by atoms with E-state index in [1.807, 2.05) is 6.92 Å². The molecule has 1 N–H and O–H groups in total. The normalized spacial score (nSPS) is 23.7. The van der Waals surface area contributed by atoms with Crippen molar-refractivity contribution in [3.8, 4) is 0 Å². The zero-order valence-electron chi connectivity index (χ0n) is 8.13. The van der Waals surface area contributed by atoms with Crippen LogP contribution in [0.2, 0.25) is 5.15 Å². The lowest BCUT2D eigenvalue weighted by Crippen LogP contribution is -2.27. The van der Waals surface area contributed by atoms with Crippen molar-refractivity contribution in [3.05, 3.63) is 28.8 Å². The number of halogens is 2. The van der Waals surface area contributed by atoms with Gasteiger partial charge in [-0.3, -0.25) is 4.79 Å². The average molecular weight is 229 g/mol. The third-order valence-electron chi connectivity index (χ3n) is 2.48. The van der Waals surface area contributed by atoms with E-state index in [2.05, 4.69) is 10.3 Å². The Kier molecular flexibility index (Phi) is 2.61. The van der Waals surface area contributed by atoms with Crippen LogP contribution in [-0.2, 0) is 0 Å². The Morgan fingerprint density at radius 1 is 1.73 bits per heavy atom. The van der Waals surface area contributed by atoms with E-state index in [9.17, 15) is 9.18 Å². The number of amides is 1. The highest BCUT2D eigenvalue weighted by atomic mass is 35.5. The predicted octanol–water partition coefficient (Wildman–Crippen LogP) is 2.01. The van der Waals surface area contributed by atoms with Gasteiger partial charge in [0, 0.05) is 6.04 Å².